The molecular weight excluding hydrogens is 422 g/mol. The minimum absolute atomic E-state index is 0.0889. The Morgan fingerprint density at radius 1 is 1.12 bits per heavy atom. The molecule has 2 aromatic carbocycles. The maximum Gasteiger partial charge on any atom is 0.409 e. The van der Waals surface area contributed by atoms with Crippen LogP contribution in [0.1, 0.15) is 28.4 Å². The summed E-state index contributed by atoms with van der Waals surface area (Å²) in [6.07, 6.45) is 1.42. The van der Waals surface area contributed by atoms with E-state index >= 15 is 0 Å². The highest BCUT2D eigenvalue weighted by atomic mass is 16.6. The number of fused-ring (bicyclic) bond motifs is 1. The fourth-order valence-corrected chi connectivity index (χ4v) is 4.00. The number of rotatable bonds is 5. The third kappa shape index (κ3) is 4.80. The number of Topliss-reactive ketones (excluding diaryl/α,β-unsaturated/α-hetero) is 1. The fraction of sp³-hybridized carbons (Fsp3) is 0.360. The molecule has 0 spiro atoms. The lowest BCUT2D eigenvalue weighted by Crippen LogP contribution is -2.48. The quantitative estimate of drug-likeness (QED) is 0.698. The van der Waals surface area contributed by atoms with E-state index in [9.17, 15) is 14.7 Å². The monoisotopic (exact) mass is 451 g/mol. The van der Waals surface area contributed by atoms with Crippen molar-refractivity contribution in [2.75, 3.05) is 51.8 Å². The third-order valence-corrected chi connectivity index (χ3v) is 5.90. The molecule has 2 heterocycles. The van der Waals surface area contributed by atoms with Gasteiger partial charge in [-0.2, -0.15) is 0 Å². The van der Waals surface area contributed by atoms with Gasteiger partial charge >= 0.3 is 6.09 Å². The van der Waals surface area contributed by atoms with E-state index in [1.54, 1.807) is 30.0 Å². The SMILES string of the molecule is CCOC(=O)N1CCN(Cc2c(O)ccc3c2O/C(=C\c2ccc(N(C)C)cc2)C3=O)CC1. The molecule has 0 aliphatic carbocycles. The lowest BCUT2D eigenvalue weighted by molar-refractivity contribution is 0.0774. The van der Waals surface area contributed by atoms with Crippen molar-refractivity contribution in [2.45, 2.75) is 13.5 Å². The summed E-state index contributed by atoms with van der Waals surface area (Å²) in [4.78, 5) is 30.7. The van der Waals surface area contributed by atoms with Gasteiger partial charge in [-0.25, -0.2) is 4.79 Å². The van der Waals surface area contributed by atoms with Crippen LogP contribution >= 0.6 is 0 Å². The number of phenols is 1. The molecule has 4 rings (SSSR count). The Bertz CT molecular complexity index is 1070. The minimum Gasteiger partial charge on any atom is -0.507 e. The number of nitrogens with zero attached hydrogens (tertiary/aromatic N) is 3. The smallest absolute Gasteiger partial charge is 0.409 e. The molecule has 1 fully saturated rings. The third-order valence-electron chi connectivity index (χ3n) is 5.90. The van der Waals surface area contributed by atoms with Gasteiger partial charge in [0.1, 0.15) is 11.5 Å². The number of piperazine rings is 1. The van der Waals surface area contributed by atoms with Gasteiger partial charge in [0.05, 0.1) is 17.7 Å². The molecule has 0 bridgehead atoms. The first-order valence-electron chi connectivity index (χ1n) is 11.1. The van der Waals surface area contributed by atoms with Gasteiger partial charge in [0, 0.05) is 52.5 Å². The first-order chi connectivity index (χ1) is 15.9. The molecule has 1 N–H and O–H groups in total. The highest BCUT2D eigenvalue weighted by Gasteiger charge is 2.32. The number of benzene rings is 2. The first kappa shape index (κ1) is 22.7. The first-order valence-corrected chi connectivity index (χ1v) is 11.1. The second kappa shape index (κ2) is 9.54. The number of phenolic OH excluding ortho intramolecular Hbond substituents is 1. The lowest BCUT2D eigenvalue weighted by Gasteiger charge is -2.34. The number of hydrogen-bond donors (Lipinski definition) is 1. The van der Waals surface area contributed by atoms with Crippen LogP contribution in [0.2, 0.25) is 0 Å². The molecule has 8 nitrogen and oxygen atoms in total. The molecular formula is C25H29N3O5. The van der Waals surface area contributed by atoms with Crippen LogP contribution in [-0.2, 0) is 11.3 Å². The van der Waals surface area contributed by atoms with Crippen molar-refractivity contribution in [3.63, 3.8) is 0 Å². The number of allylic oxidation sites excluding steroid dienone is 1. The summed E-state index contributed by atoms with van der Waals surface area (Å²) in [6.45, 7) is 4.92. The molecule has 174 valence electrons. The van der Waals surface area contributed by atoms with E-state index in [1.165, 1.54) is 0 Å². The van der Waals surface area contributed by atoms with Crippen molar-refractivity contribution in [2.24, 2.45) is 0 Å². The molecule has 0 saturated carbocycles. The van der Waals surface area contributed by atoms with Crippen LogP contribution in [0.3, 0.4) is 0 Å². The summed E-state index contributed by atoms with van der Waals surface area (Å²) >= 11 is 0. The van der Waals surface area contributed by atoms with Gasteiger partial charge in [-0.3, -0.25) is 9.69 Å². The molecule has 1 amide bonds. The summed E-state index contributed by atoms with van der Waals surface area (Å²) in [5.41, 5.74) is 2.95. The van der Waals surface area contributed by atoms with Gasteiger partial charge in [0.25, 0.3) is 0 Å². The Morgan fingerprint density at radius 3 is 2.45 bits per heavy atom. The number of aromatic hydroxyl groups is 1. The molecule has 0 unspecified atom stereocenters. The van der Waals surface area contributed by atoms with Crippen LogP contribution in [0.25, 0.3) is 6.08 Å². The van der Waals surface area contributed by atoms with Gasteiger partial charge in [0.15, 0.2) is 5.76 Å². The highest BCUT2D eigenvalue weighted by molar-refractivity contribution is 6.15. The summed E-state index contributed by atoms with van der Waals surface area (Å²) < 4.78 is 11.0. The Hall–Kier alpha value is -3.52. The van der Waals surface area contributed by atoms with Crippen LogP contribution in [0, 0.1) is 0 Å². The predicted octanol–water partition coefficient (Wildman–Crippen LogP) is 3.35. The number of ether oxygens (including phenoxy) is 2. The largest absolute Gasteiger partial charge is 0.507 e. The van der Waals surface area contributed by atoms with E-state index in [2.05, 4.69) is 4.90 Å². The summed E-state index contributed by atoms with van der Waals surface area (Å²) in [5, 5.41) is 10.5. The van der Waals surface area contributed by atoms with Gasteiger partial charge in [-0.15, -0.1) is 0 Å². The normalized spacial score (nSPS) is 17.1. The fourth-order valence-electron chi connectivity index (χ4n) is 4.00. The van der Waals surface area contributed by atoms with Crippen LogP contribution in [0.5, 0.6) is 11.5 Å². The maximum absolute atomic E-state index is 13.0. The van der Waals surface area contributed by atoms with E-state index in [-0.39, 0.29) is 23.4 Å². The van der Waals surface area contributed by atoms with Gasteiger partial charge in [-0.1, -0.05) is 12.1 Å². The van der Waals surface area contributed by atoms with Crippen molar-refractivity contribution in [1.82, 2.24) is 9.80 Å². The van der Waals surface area contributed by atoms with Crippen LogP contribution < -0.4 is 9.64 Å². The van der Waals surface area contributed by atoms with E-state index in [4.69, 9.17) is 9.47 Å². The average molecular weight is 452 g/mol. The van der Waals surface area contributed by atoms with Gasteiger partial charge in [0.2, 0.25) is 5.78 Å². The molecule has 2 aromatic rings. The molecule has 1 saturated heterocycles. The molecule has 8 heteroatoms. The second-order valence-electron chi connectivity index (χ2n) is 8.33. The van der Waals surface area contributed by atoms with Crippen molar-refractivity contribution in [1.29, 1.82) is 0 Å². The van der Waals surface area contributed by atoms with Crippen LogP contribution in [0.15, 0.2) is 42.2 Å². The van der Waals surface area contributed by atoms with Gasteiger partial charge < -0.3 is 24.4 Å². The highest BCUT2D eigenvalue weighted by Crippen LogP contribution is 2.40. The van der Waals surface area contributed by atoms with Crippen molar-refractivity contribution >= 4 is 23.6 Å². The summed E-state index contributed by atoms with van der Waals surface area (Å²) in [6, 6.07) is 11.0. The predicted molar refractivity (Wildman–Crippen MR) is 126 cm³/mol. The standard InChI is InChI=1S/C25H29N3O5/c1-4-32-25(31)28-13-11-27(12-14-28)16-20-21(29)10-9-19-23(30)22(33-24(19)20)15-17-5-7-18(8-6-17)26(2)3/h5-10,15,29H,4,11-14,16H2,1-3H3/b22-15-. The van der Waals surface area contributed by atoms with Crippen LogP contribution in [-0.4, -0.2) is 73.7 Å². The van der Waals surface area contributed by atoms with Crippen molar-refractivity contribution in [3.05, 3.63) is 58.8 Å². The topological polar surface area (TPSA) is 82.6 Å². The second-order valence-corrected chi connectivity index (χ2v) is 8.33. The maximum atomic E-state index is 13.0. The number of amides is 1. The van der Waals surface area contributed by atoms with E-state index < -0.39 is 0 Å². The number of carbonyl (C=O) groups excluding carboxylic acids is 2. The number of ketones is 1. The van der Waals surface area contributed by atoms with Crippen molar-refractivity contribution < 1.29 is 24.2 Å². The molecule has 33 heavy (non-hydrogen) atoms. The lowest BCUT2D eigenvalue weighted by atomic mass is 10.0. The van der Waals surface area contributed by atoms with E-state index in [0.29, 0.717) is 56.2 Å². The van der Waals surface area contributed by atoms with Crippen molar-refractivity contribution in [3.8, 4) is 11.5 Å². The zero-order valence-electron chi connectivity index (χ0n) is 19.2. The zero-order chi connectivity index (χ0) is 23.5. The Morgan fingerprint density at radius 2 is 1.82 bits per heavy atom. The minimum atomic E-state index is -0.303. The molecule has 0 radical (unpaired) electrons. The van der Waals surface area contributed by atoms with E-state index in [1.807, 2.05) is 43.3 Å². The zero-order valence-corrected chi connectivity index (χ0v) is 19.2. The summed E-state index contributed by atoms with van der Waals surface area (Å²) in [7, 11) is 3.94. The average Bonchev–Trinajstić information content (AvgIpc) is 3.12. The number of carbonyl (C=O) groups is 2. The van der Waals surface area contributed by atoms with Gasteiger partial charge in [-0.05, 0) is 42.8 Å². The molecule has 0 atom stereocenters. The van der Waals surface area contributed by atoms with E-state index in [0.717, 1.165) is 11.3 Å². The number of hydrogen-bond acceptors (Lipinski definition) is 7. The van der Waals surface area contributed by atoms with Crippen LogP contribution in [0.4, 0.5) is 10.5 Å². The summed E-state index contributed by atoms with van der Waals surface area (Å²) in [5.74, 6) is 0.534. The Balaban J connectivity index is 1.50. The molecule has 2 aliphatic rings. The number of anilines is 1. The molecule has 2 aliphatic heterocycles. The Labute approximate surface area is 193 Å². The Kier molecular flexibility index (Phi) is 6.55. The molecule has 0 aromatic heterocycles.